The molecule has 5 nitrogen and oxygen atoms in total. The molecule has 1 aromatic carbocycles. The van der Waals surface area contributed by atoms with Crippen LogP contribution in [0.4, 0.5) is 5.69 Å². The van der Waals surface area contributed by atoms with E-state index in [2.05, 4.69) is 12.2 Å². The highest BCUT2D eigenvalue weighted by Crippen LogP contribution is 2.28. The number of benzene rings is 1. The summed E-state index contributed by atoms with van der Waals surface area (Å²) in [4.78, 5) is 26.2. The zero-order valence-electron chi connectivity index (χ0n) is 13.7. The van der Waals surface area contributed by atoms with Crippen molar-refractivity contribution >= 4 is 17.5 Å². The largest absolute Gasteiger partial charge is 0.497 e. The Bertz CT molecular complexity index is 576. The summed E-state index contributed by atoms with van der Waals surface area (Å²) in [5.41, 5.74) is 0.613. The van der Waals surface area contributed by atoms with Crippen LogP contribution in [0.5, 0.6) is 5.75 Å². The molecule has 5 heteroatoms. The number of ether oxygens (including phenoxy) is 1. The van der Waals surface area contributed by atoms with Crippen molar-refractivity contribution in [2.45, 2.75) is 51.1 Å². The van der Waals surface area contributed by atoms with Gasteiger partial charge in [-0.2, -0.15) is 0 Å². The van der Waals surface area contributed by atoms with Crippen LogP contribution in [0.3, 0.4) is 0 Å². The summed E-state index contributed by atoms with van der Waals surface area (Å²) in [5, 5.41) is 3.40. The van der Waals surface area contributed by atoms with Gasteiger partial charge in [0.2, 0.25) is 5.91 Å². The number of rotatable bonds is 4. The number of hydrogen-bond donors (Lipinski definition) is 1. The third kappa shape index (κ3) is 3.39. The molecule has 3 rings (SSSR count). The van der Waals surface area contributed by atoms with Crippen molar-refractivity contribution in [1.29, 1.82) is 0 Å². The lowest BCUT2D eigenvalue weighted by Gasteiger charge is -2.28. The molecule has 1 aliphatic carbocycles. The third-order valence-electron chi connectivity index (χ3n) is 4.93. The number of nitrogens with zero attached hydrogens (tertiary/aromatic N) is 1. The Hall–Kier alpha value is -1.88. The normalized spacial score (nSPS) is 28.3. The quantitative estimate of drug-likeness (QED) is 0.867. The molecule has 1 aliphatic heterocycles. The van der Waals surface area contributed by atoms with Crippen LogP contribution >= 0.6 is 0 Å². The van der Waals surface area contributed by atoms with Crippen LogP contribution in [0, 0.1) is 5.92 Å². The van der Waals surface area contributed by atoms with Crippen LogP contribution in [0.15, 0.2) is 24.3 Å². The van der Waals surface area contributed by atoms with Gasteiger partial charge in [-0.3, -0.25) is 9.59 Å². The molecule has 1 N–H and O–H groups in total. The summed E-state index contributed by atoms with van der Waals surface area (Å²) in [5.74, 6) is 1.20. The Kier molecular flexibility index (Phi) is 4.66. The molecule has 2 fully saturated rings. The van der Waals surface area contributed by atoms with Crippen molar-refractivity contribution in [2.24, 2.45) is 5.92 Å². The van der Waals surface area contributed by atoms with Crippen LogP contribution in [-0.4, -0.2) is 31.0 Å². The number of carbonyl (C=O) groups is 2. The molecule has 0 unspecified atom stereocenters. The van der Waals surface area contributed by atoms with Gasteiger partial charge in [-0.1, -0.05) is 6.92 Å². The molecule has 2 amide bonds. The number of imide groups is 1. The Labute approximate surface area is 137 Å². The lowest BCUT2D eigenvalue weighted by molar-refractivity contribution is -0.121. The Morgan fingerprint density at radius 2 is 1.74 bits per heavy atom. The number of hydrogen-bond acceptors (Lipinski definition) is 4. The van der Waals surface area contributed by atoms with Crippen molar-refractivity contribution in [3.05, 3.63) is 24.3 Å². The molecular formula is C18H24N2O3. The van der Waals surface area contributed by atoms with Crippen LogP contribution in [0.1, 0.15) is 39.0 Å². The van der Waals surface area contributed by atoms with E-state index in [1.807, 2.05) is 0 Å². The first-order valence-corrected chi connectivity index (χ1v) is 8.35. The fourth-order valence-corrected chi connectivity index (χ4v) is 3.48. The standard InChI is InChI=1S/C18H24N2O3/c1-12-3-5-13(6-4-12)19-16-11-17(21)20(18(16)22)14-7-9-15(23-2)10-8-14/h7-10,12-13,16,19H,3-6,11H2,1-2H3/t12?,13?,16-/m0/s1. The highest BCUT2D eigenvalue weighted by atomic mass is 16.5. The zero-order chi connectivity index (χ0) is 16.4. The van der Waals surface area contributed by atoms with Gasteiger partial charge in [0, 0.05) is 6.04 Å². The Balaban J connectivity index is 1.67. The highest BCUT2D eigenvalue weighted by molar-refractivity contribution is 6.22. The average Bonchev–Trinajstić information content (AvgIpc) is 2.84. The first-order chi connectivity index (χ1) is 11.1. The van der Waals surface area contributed by atoms with Gasteiger partial charge in [-0.15, -0.1) is 0 Å². The molecule has 0 bridgehead atoms. The summed E-state index contributed by atoms with van der Waals surface area (Å²) in [6, 6.07) is 6.99. The van der Waals surface area contributed by atoms with Gasteiger partial charge < -0.3 is 10.1 Å². The maximum absolute atomic E-state index is 12.6. The van der Waals surface area contributed by atoms with Gasteiger partial charge in [-0.05, 0) is 55.9 Å². The Morgan fingerprint density at radius 1 is 1.09 bits per heavy atom. The Morgan fingerprint density at radius 3 is 2.35 bits per heavy atom. The minimum absolute atomic E-state index is 0.137. The summed E-state index contributed by atoms with van der Waals surface area (Å²) in [6.07, 6.45) is 4.80. The van der Waals surface area contributed by atoms with E-state index in [9.17, 15) is 9.59 Å². The monoisotopic (exact) mass is 316 g/mol. The molecule has 1 aromatic rings. The molecule has 0 radical (unpaired) electrons. The summed E-state index contributed by atoms with van der Waals surface area (Å²) in [7, 11) is 1.59. The summed E-state index contributed by atoms with van der Waals surface area (Å²) >= 11 is 0. The second-order valence-corrected chi connectivity index (χ2v) is 6.65. The van der Waals surface area contributed by atoms with Gasteiger partial charge >= 0.3 is 0 Å². The van der Waals surface area contributed by atoms with Gasteiger partial charge in [0.15, 0.2) is 0 Å². The molecule has 1 atom stereocenters. The predicted molar refractivity (Wildman–Crippen MR) is 88.4 cm³/mol. The maximum atomic E-state index is 12.6. The number of anilines is 1. The lowest BCUT2D eigenvalue weighted by atomic mass is 9.87. The molecule has 2 aliphatic rings. The van der Waals surface area contributed by atoms with E-state index in [1.165, 1.54) is 17.7 Å². The second-order valence-electron chi connectivity index (χ2n) is 6.65. The van der Waals surface area contributed by atoms with E-state index in [1.54, 1.807) is 31.4 Å². The molecule has 124 valence electrons. The smallest absolute Gasteiger partial charge is 0.251 e. The zero-order valence-corrected chi connectivity index (χ0v) is 13.7. The van der Waals surface area contributed by atoms with Crippen LogP contribution in [-0.2, 0) is 9.59 Å². The molecule has 23 heavy (non-hydrogen) atoms. The molecule has 0 aromatic heterocycles. The fraction of sp³-hybridized carbons (Fsp3) is 0.556. The topological polar surface area (TPSA) is 58.6 Å². The van der Waals surface area contributed by atoms with Gasteiger partial charge in [-0.25, -0.2) is 4.90 Å². The molecule has 1 saturated heterocycles. The van der Waals surface area contributed by atoms with E-state index >= 15 is 0 Å². The SMILES string of the molecule is COc1ccc(N2C(=O)C[C@H](NC3CCC(C)CC3)C2=O)cc1. The van der Waals surface area contributed by atoms with E-state index in [0.717, 1.165) is 18.8 Å². The van der Waals surface area contributed by atoms with E-state index < -0.39 is 0 Å². The second kappa shape index (κ2) is 6.71. The first kappa shape index (κ1) is 16.0. The average molecular weight is 316 g/mol. The van der Waals surface area contributed by atoms with Gasteiger partial charge in [0.05, 0.1) is 25.3 Å². The lowest BCUT2D eigenvalue weighted by Crippen LogP contribution is -2.45. The minimum Gasteiger partial charge on any atom is -0.497 e. The summed E-state index contributed by atoms with van der Waals surface area (Å²) < 4.78 is 5.12. The highest BCUT2D eigenvalue weighted by Gasteiger charge is 2.40. The van der Waals surface area contributed by atoms with Crippen molar-refractivity contribution in [2.75, 3.05) is 12.0 Å². The summed E-state index contributed by atoms with van der Waals surface area (Å²) in [6.45, 7) is 2.27. The molecule has 1 heterocycles. The maximum Gasteiger partial charge on any atom is 0.251 e. The third-order valence-corrected chi connectivity index (χ3v) is 4.93. The van der Waals surface area contributed by atoms with E-state index in [4.69, 9.17) is 4.74 Å². The van der Waals surface area contributed by atoms with Crippen molar-refractivity contribution < 1.29 is 14.3 Å². The van der Waals surface area contributed by atoms with E-state index in [0.29, 0.717) is 17.5 Å². The number of methoxy groups -OCH3 is 1. The van der Waals surface area contributed by atoms with Crippen molar-refractivity contribution in [3.63, 3.8) is 0 Å². The van der Waals surface area contributed by atoms with Crippen LogP contribution < -0.4 is 15.0 Å². The first-order valence-electron chi connectivity index (χ1n) is 8.35. The van der Waals surface area contributed by atoms with Gasteiger partial charge in [0.1, 0.15) is 5.75 Å². The molecular weight excluding hydrogens is 292 g/mol. The minimum atomic E-state index is -0.386. The van der Waals surface area contributed by atoms with Crippen molar-refractivity contribution in [1.82, 2.24) is 5.32 Å². The van der Waals surface area contributed by atoms with Crippen molar-refractivity contribution in [3.8, 4) is 5.75 Å². The fourth-order valence-electron chi connectivity index (χ4n) is 3.48. The number of carbonyl (C=O) groups excluding carboxylic acids is 2. The molecule has 0 spiro atoms. The van der Waals surface area contributed by atoms with Crippen LogP contribution in [0.2, 0.25) is 0 Å². The number of nitrogens with one attached hydrogen (secondary N) is 1. The molecule has 1 saturated carbocycles. The number of amides is 2. The van der Waals surface area contributed by atoms with E-state index in [-0.39, 0.29) is 24.3 Å². The predicted octanol–water partition coefficient (Wildman–Crippen LogP) is 2.50. The van der Waals surface area contributed by atoms with Crippen LogP contribution in [0.25, 0.3) is 0 Å². The van der Waals surface area contributed by atoms with Gasteiger partial charge in [0.25, 0.3) is 5.91 Å².